The molecule has 0 fully saturated rings. The highest BCUT2D eigenvalue weighted by atomic mass is 32.1. The van der Waals surface area contributed by atoms with Crippen molar-refractivity contribution in [2.24, 2.45) is 5.73 Å². The molecule has 1 aromatic heterocycles. The number of H-pyrrole nitrogens is 1. The third-order valence-electron chi connectivity index (χ3n) is 1.98. The number of carbonyl (C=O) groups is 1. The Balaban J connectivity index is 0.000000168. The molecule has 1 heterocycles. The third-order valence-corrected chi connectivity index (χ3v) is 2.37. The molecule has 0 amide bonds. The number of rotatable bonds is 2. The Morgan fingerprint density at radius 2 is 2.12 bits per heavy atom. The van der Waals surface area contributed by atoms with Gasteiger partial charge < -0.3 is 15.8 Å². The molecule has 4 nitrogen and oxygen atoms in total. The lowest BCUT2D eigenvalue weighted by molar-refractivity contribution is -0.137. The number of nitrogens with two attached hydrogens (primary N) is 1. The van der Waals surface area contributed by atoms with E-state index in [0.29, 0.717) is 0 Å². The minimum atomic E-state index is -1.00. The highest BCUT2D eigenvalue weighted by Crippen LogP contribution is 2.09. The molecule has 0 bridgehead atoms. The fourth-order valence-corrected chi connectivity index (χ4v) is 1.23. The Morgan fingerprint density at radius 1 is 1.44 bits per heavy atom. The van der Waals surface area contributed by atoms with Gasteiger partial charge in [0.1, 0.15) is 6.04 Å². The average Bonchev–Trinajstić information content (AvgIpc) is 2.76. The first kappa shape index (κ1) is 12.6. The predicted octanol–water partition coefficient (Wildman–Crippen LogP) is 1.50. The van der Waals surface area contributed by atoms with Crippen LogP contribution in [-0.2, 0) is 4.79 Å². The summed E-state index contributed by atoms with van der Waals surface area (Å²) in [6, 6.07) is 9.47. The Bertz CT molecular complexity index is 426. The van der Waals surface area contributed by atoms with Crippen LogP contribution in [-0.4, -0.2) is 27.9 Å². The molecule has 16 heavy (non-hydrogen) atoms. The Hall–Kier alpha value is -1.46. The van der Waals surface area contributed by atoms with E-state index < -0.39 is 12.0 Å². The summed E-state index contributed by atoms with van der Waals surface area (Å²) in [5.74, 6) is -0.815. The van der Waals surface area contributed by atoms with E-state index in [4.69, 9.17) is 10.8 Å². The van der Waals surface area contributed by atoms with Gasteiger partial charge >= 0.3 is 5.97 Å². The van der Waals surface area contributed by atoms with Crippen molar-refractivity contribution in [3.8, 4) is 0 Å². The number of benzene rings is 1. The molecule has 0 aliphatic carbocycles. The van der Waals surface area contributed by atoms with Crippen LogP contribution in [0.15, 0.2) is 36.5 Å². The van der Waals surface area contributed by atoms with Crippen LogP contribution in [0.25, 0.3) is 10.9 Å². The first-order chi connectivity index (χ1) is 7.65. The van der Waals surface area contributed by atoms with E-state index in [0.717, 1.165) is 0 Å². The van der Waals surface area contributed by atoms with Crippen LogP contribution in [0, 0.1) is 0 Å². The molecule has 2 rings (SSSR count). The zero-order chi connectivity index (χ0) is 12.0. The number of para-hydroxylation sites is 1. The van der Waals surface area contributed by atoms with Crippen molar-refractivity contribution in [1.29, 1.82) is 0 Å². The maximum absolute atomic E-state index is 9.76. The fourth-order valence-electron chi connectivity index (χ4n) is 1.07. The topological polar surface area (TPSA) is 79.1 Å². The van der Waals surface area contributed by atoms with E-state index in [9.17, 15) is 4.79 Å². The number of nitrogens with one attached hydrogen (secondary N) is 1. The molecule has 1 aromatic carbocycles. The Labute approximate surface area is 98.9 Å². The first-order valence-corrected chi connectivity index (χ1v) is 5.39. The lowest BCUT2D eigenvalue weighted by Crippen LogP contribution is -2.31. The molecule has 4 N–H and O–H groups in total. The van der Waals surface area contributed by atoms with Crippen LogP contribution in [0.5, 0.6) is 0 Å². The summed E-state index contributed by atoms with van der Waals surface area (Å²) >= 11 is 3.65. The molecule has 0 aliphatic rings. The number of aliphatic carboxylic acids is 1. The highest BCUT2D eigenvalue weighted by molar-refractivity contribution is 7.80. The molecule has 2 aromatic rings. The second kappa shape index (κ2) is 6.19. The van der Waals surface area contributed by atoms with E-state index in [1.807, 2.05) is 18.3 Å². The summed E-state index contributed by atoms with van der Waals surface area (Å²) in [7, 11) is 0. The molecule has 1 atom stereocenters. The van der Waals surface area contributed by atoms with Gasteiger partial charge in [0.2, 0.25) is 0 Å². The molecule has 0 saturated carbocycles. The number of carboxylic acids is 1. The van der Waals surface area contributed by atoms with E-state index in [1.165, 1.54) is 10.9 Å². The third kappa shape index (κ3) is 3.60. The molecule has 5 heteroatoms. The Kier molecular flexibility index (Phi) is 4.88. The van der Waals surface area contributed by atoms with Gasteiger partial charge in [0, 0.05) is 17.5 Å². The van der Waals surface area contributed by atoms with Crippen molar-refractivity contribution in [3.63, 3.8) is 0 Å². The van der Waals surface area contributed by atoms with Crippen molar-refractivity contribution < 1.29 is 9.90 Å². The molecule has 0 spiro atoms. The maximum Gasteiger partial charge on any atom is 0.321 e. The van der Waals surface area contributed by atoms with Crippen molar-refractivity contribution in [2.75, 3.05) is 5.75 Å². The van der Waals surface area contributed by atoms with Crippen molar-refractivity contribution in [2.45, 2.75) is 6.04 Å². The monoisotopic (exact) mass is 238 g/mol. The number of fused-ring (bicyclic) bond motifs is 1. The van der Waals surface area contributed by atoms with Gasteiger partial charge in [-0.25, -0.2) is 0 Å². The van der Waals surface area contributed by atoms with Gasteiger partial charge in [-0.1, -0.05) is 18.2 Å². The van der Waals surface area contributed by atoms with Crippen LogP contribution in [0.4, 0.5) is 0 Å². The quantitative estimate of drug-likeness (QED) is 0.599. The molecule has 0 saturated heterocycles. The van der Waals surface area contributed by atoms with Crippen LogP contribution in [0.1, 0.15) is 0 Å². The van der Waals surface area contributed by atoms with Gasteiger partial charge in [-0.15, -0.1) is 0 Å². The van der Waals surface area contributed by atoms with Crippen LogP contribution >= 0.6 is 12.6 Å². The van der Waals surface area contributed by atoms with Gasteiger partial charge in [0.15, 0.2) is 0 Å². The van der Waals surface area contributed by atoms with Crippen molar-refractivity contribution >= 4 is 29.5 Å². The Morgan fingerprint density at radius 3 is 2.62 bits per heavy atom. The zero-order valence-corrected chi connectivity index (χ0v) is 9.52. The smallest absolute Gasteiger partial charge is 0.321 e. The van der Waals surface area contributed by atoms with E-state index in [-0.39, 0.29) is 5.75 Å². The number of aromatic amines is 1. The average molecular weight is 238 g/mol. The second-order valence-electron chi connectivity index (χ2n) is 3.19. The minimum Gasteiger partial charge on any atom is -0.480 e. The highest BCUT2D eigenvalue weighted by Gasteiger charge is 2.06. The van der Waals surface area contributed by atoms with E-state index in [2.05, 4.69) is 35.8 Å². The van der Waals surface area contributed by atoms with Gasteiger partial charge in [-0.2, -0.15) is 12.6 Å². The van der Waals surface area contributed by atoms with Crippen molar-refractivity contribution in [3.05, 3.63) is 36.5 Å². The number of hydrogen-bond acceptors (Lipinski definition) is 3. The first-order valence-electron chi connectivity index (χ1n) is 4.76. The molecular formula is C11H14N2O2S. The summed E-state index contributed by atoms with van der Waals surface area (Å²) in [6.07, 6.45) is 1.95. The minimum absolute atomic E-state index is 0.190. The molecule has 0 unspecified atom stereocenters. The lowest BCUT2D eigenvalue weighted by Gasteiger charge is -1.96. The van der Waals surface area contributed by atoms with E-state index in [1.54, 1.807) is 0 Å². The summed E-state index contributed by atoms with van der Waals surface area (Å²) in [6.45, 7) is 0. The number of thiol groups is 1. The largest absolute Gasteiger partial charge is 0.480 e. The van der Waals surface area contributed by atoms with Gasteiger partial charge in [0.05, 0.1) is 0 Å². The van der Waals surface area contributed by atoms with E-state index >= 15 is 0 Å². The van der Waals surface area contributed by atoms with Crippen LogP contribution in [0.3, 0.4) is 0 Å². The fraction of sp³-hybridized carbons (Fsp3) is 0.182. The number of carboxylic acid groups (broad SMARTS) is 1. The number of aromatic nitrogens is 1. The van der Waals surface area contributed by atoms with Crippen LogP contribution < -0.4 is 5.73 Å². The summed E-state index contributed by atoms with van der Waals surface area (Å²) in [5, 5.41) is 9.28. The summed E-state index contributed by atoms with van der Waals surface area (Å²) < 4.78 is 0. The normalized spacial score (nSPS) is 11.6. The summed E-state index contributed by atoms with van der Waals surface area (Å²) in [4.78, 5) is 12.9. The standard InChI is InChI=1S/C8H7N.C3H7NO2S/c1-2-4-8-7(3-1)5-6-9-8;4-2(1-7)3(5)6/h1-6,9H;2,7H,1,4H2,(H,5,6)/t;2-/m.0/s1. The molecule has 0 aliphatic heterocycles. The second-order valence-corrected chi connectivity index (χ2v) is 3.56. The van der Waals surface area contributed by atoms with Gasteiger partial charge in [-0.3, -0.25) is 4.79 Å². The SMILES string of the molecule is N[C@@H](CS)C(=O)O.c1ccc2[nH]ccc2c1. The van der Waals surface area contributed by atoms with Crippen molar-refractivity contribution in [1.82, 2.24) is 4.98 Å². The predicted molar refractivity (Wildman–Crippen MR) is 67.8 cm³/mol. The zero-order valence-electron chi connectivity index (χ0n) is 8.63. The number of hydrogen-bond donors (Lipinski definition) is 4. The molecule has 86 valence electrons. The van der Waals surface area contributed by atoms with Gasteiger partial charge in [-0.05, 0) is 17.5 Å². The maximum atomic E-state index is 9.76. The summed E-state index contributed by atoms with van der Waals surface area (Å²) in [5.41, 5.74) is 6.15. The molecule has 0 radical (unpaired) electrons. The van der Waals surface area contributed by atoms with Gasteiger partial charge in [0.25, 0.3) is 0 Å². The van der Waals surface area contributed by atoms with Crippen LogP contribution in [0.2, 0.25) is 0 Å². The molecular weight excluding hydrogens is 224 g/mol. The lowest BCUT2D eigenvalue weighted by atomic mass is 10.3.